The summed E-state index contributed by atoms with van der Waals surface area (Å²) >= 11 is 1.28. The number of thioether (sulfide) groups is 1. The van der Waals surface area contributed by atoms with Crippen LogP contribution in [0.5, 0.6) is 0 Å². The molecular weight excluding hydrogens is 346 g/mol. The Morgan fingerprint density at radius 2 is 1.85 bits per heavy atom. The lowest BCUT2D eigenvalue weighted by Crippen LogP contribution is -2.26. The summed E-state index contributed by atoms with van der Waals surface area (Å²) < 4.78 is 1.62. The fourth-order valence-electron chi connectivity index (χ4n) is 2.65. The van der Waals surface area contributed by atoms with E-state index in [2.05, 4.69) is 4.98 Å². The molecule has 0 spiro atoms. The van der Waals surface area contributed by atoms with Crippen LogP contribution >= 0.6 is 11.8 Å². The lowest BCUT2D eigenvalue weighted by atomic mass is 10.1. The normalized spacial score (nSPS) is 10.9. The molecule has 26 heavy (non-hydrogen) atoms. The lowest BCUT2D eigenvalue weighted by molar-refractivity contribution is -0.125. The van der Waals surface area contributed by atoms with Crippen LogP contribution in [-0.4, -0.2) is 40.2 Å². The molecule has 0 radical (unpaired) electrons. The molecule has 1 amide bonds. The summed E-state index contributed by atoms with van der Waals surface area (Å²) in [4.78, 5) is 31.4. The maximum absolute atomic E-state index is 13.2. The molecule has 0 aliphatic carbocycles. The summed E-state index contributed by atoms with van der Waals surface area (Å²) in [5, 5.41) is 1.09. The van der Waals surface area contributed by atoms with Gasteiger partial charge in [0.05, 0.1) is 22.3 Å². The van der Waals surface area contributed by atoms with Crippen LogP contribution in [0.2, 0.25) is 0 Å². The first-order valence-corrected chi connectivity index (χ1v) is 9.30. The van der Waals surface area contributed by atoms with Crippen molar-refractivity contribution >= 4 is 28.6 Å². The predicted octanol–water partition coefficient (Wildman–Crippen LogP) is 3.18. The van der Waals surface area contributed by atoms with Crippen molar-refractivity contribution in [2.45, 2.75) is 19.0 Å². The van der Waals surface area contributed by atoms with Crippen LogP contribution in [0.15, 0.2) is 52.4 Å². The quantitative estimate of drug-likeness (QED) is 0.525. The van der Waals surface area contributed by atoms with E-state index in [0.29, 0.717) is 16.1 Å². The molecule has 0 saturated heterocycles. The monoisotopic (exact) mass is 367 g/mol. The van der Waals surface area contributed by atoms with Gasteiger partial charge in [-0.05, 0) is 43.2 Å². The molecule has 0 bridgehead atoms. The van der Waals surface area contributed by atoms with E-state index in [0.717, 1.165) is 16.8 Å². The Balaban J connectivity index is 2.23. The Morgan fingerprint density at radius 1 is 1.12 bits per heavy atom. The van der Waals surface area contributed by atoms with E-state index in [9.17, 15) is 9.59 Å². The second-order valence-corrected chi connectivity index (χ2v) is 7.29. The van der Waals surface area contributed by atoms with Crippen molar-refractivity contribution in [3.05, 3.63) is 63.9 Å². The van der Waals surface area contributed by atoms with E-state index >= 15 is 0 Å². The number of carbonyl (C=O) groups is 1. The van der Waals surface area contributed by atoms with Crippen molar-refractivity contribution in [3.63, 3.8) is 0 Å². The molecule has 3 rings (SSSR count). The highest BCUT2D eigenvalue weighted by molar-refractivity contribution is 7.99. The van der Waals surface area contributed by atoms with Gasteiger partial charge in [0, 0.05) is 14.1 Å². The first-order chi connectivity index (χ1) is 12.4. The topological polar surface area (TPSA) is 55.2 Å². The number of aromatic nitrogens is 2. The molecule has 3 aromatic rings. The zero-order valence-electron chi connectivity index (χ0n) is 15.3. The molecule has 0 fully saturated rings. The summed E-state index contributed by atoms with van der Waals surface area (Å²) in [6, 6.07) is 13.2. The highest BCUT2D eigenvalue weighted by atomic mass is 32.2. The van der Waals surface area contributed by atoms with Crippen molar-refractivity contribution in [3.8, 4) is 5.69 Å². The molecule has 5 nitrogen and oxygen atoms in total. The predicted molar refractivity (Wildman–Crippen MR) is 106 cm³/mol. The number of rotatable bonds is 4. The third-order valence-electron chi connectivity index (χ3n) is 4.39. The fourth-order valence-corrected chi connectivity index (χ4v) is 3.64. The Morgan fingerprint density at radius 3 is 2.58 bits per heavy atom. The second kappa shape index (κ2) is 7.33. The van der Waals surface area contributed by atoms with E-state index in [1.807, 2.05) is 50.2 Å². The number of benzene rings is 2. The average Bonchev–Trinajstić information content (AvgIpc) is 2.62. The second-order valence-electron chi connectivity index (χ2n) is 6.35. The van der Waals surface area contributed by atoms with Crippen LogP contribution in [0.3, 0.4) is 0 Å². The highest BCUT2D eigenvalue weighted by Gasteiger charge is 2.16. The van der Waals surface area contributed by atoms with Gasteiger partial charge in [-0.3, -0.25) is 14.2 Å². The van der Waals surface area contributed by atoms with Crippen molar-refractivity contribution in [1.29, 1.82) is 0 Å². The smallest absolute Gasteiger partial charge is 0.266 e. The van der Waals surface area contributed by atoms with Gasteiger partial charge in [0.1, 0.15) is 0 Å². The maximum Gasteiger partial charge on any atom is 0.266 e. The number of para-hydroxylation sites is 1. The van der Waals surface area contributed by atoms with Crippen LogP contribution in [-0.2, 0) is 4.79 Å². The third-order valence-corrected chi connectivity index (χ3v) is 5.31. The molecule has 134 valence electrons. The molecule has 1 heterocycles. The molecular formula is C20H21N3O2S. The molecule has 0 unspecified atom stereocenters. The molecule has 2 aromatic carbocycles. The lowest BCUT2D eigenvalue weighted by Gasteiger charge is -2.17. The number of carbonyl (C=O) groups excluding carboxylic acids is 1. The van der Waals surface area contributed by atoms with Crippen LogP contribution in [0, 0.1) is 13.8 Å². The van der Waals surface area contributed by atoms with E-state index in [4.69, 9.17) is 0 Å². The Labute approximate surface area is 156 Å². The summed E-state index contributed by atoms with van der Waals surface area (Å²) in [6.45, 7) is 4.01. The summed E-state index contributed by atoms with van der Waals surface area (Å²) in [5.74, 6) is 0.202. The zero-order chi connectivity index (χ0) is 18.8. The van der Waals surface area contributed by atoms with E-state index < -0.39 is 0 Å². The summed E-state index contributed by atoms with van der Waals surface area (Å²) in [5.41, 5.74) is 3.44. The third kappa shape index (κ3) is 3.37. The highest BCUT2D eigenvalue weighted by Crippen LogP contribution is 2.24. The SMILES string of the molecule is Cc1cccc(-n2c(SCC(=O)N(C)C)nc3ccccc3c2=O)c1C. The molecule has 0 aliphatic rings. The Kier molecular flexibility index (Phi) is 5.13. The number of hydrogen-bond donors (Lipinski definition) is 0. The molecule has 0 atom stereocenters. The number of nitrogens with zero attached hydrogens (tertiary/aromatic N) is 3. The van der Waals surface area contributed by atoms with Gasteiger partial charge < -0.3 is 4.90 Å². The van der Waals surface area contributed by atoms with Crippen molar-refractivity contribution in [1.82, 2.24) is 14.5 Å². The average molecular weight is 367 g/mol. The minimum atomic E-state index is -0.121. The fraction of sp³-hybridized carbons (Fsp3) is 0.250. The van der Waals surface area contributed by atoms with Crippen LogP contribution in [0.25, 0.3) is 16.6 Å². The molecule has 0 saturated carbocycles. The van der Waals surface area contributed by atoms with Crippen molar-refractivity contribution < 1.29 is 4.79 Å². The van der Waals surface area contributed by atoms with Gasteiger partial charge in [-0.1, -0.05) is 36.0 Å². The van der Waals surface area contributed by atoms with E-state index in [-0.39, 0.29) is 17.2 Å². The molecule has 0 N–H and O–H groups in total. The number of amides is 1. The summed E-state index contributed by atoms with van der Waals surface area (Å²) in [6.07, 6.45) is 0. The van der Waals surface area contributed by atoms with Gasteiger partial charge in [0.2, 0.25) is 5.91 Å². The van der Waals surface area contributed by atoms with Crippen LogP contribution < -0.4 is 5.56 Å². The van der Waals surface area contributed by atoms with Crippen molar-refractivity contribution in [2.24, 2.45) is 0 Å². The van der Waals surface area contributed by atoms with Gasteiger partial charge in [-0.25, -0.2) is 4.98 Å². The summed E-state index contributed by atoms with van der Waals surface area (Å²) in [7, 11) is 3.43. The van der Waals surface area contributed by atoms with Gasteiger partial charge >= 0.3 is 0 Å². The molecule has 1 aromatic heterocycles. The zero-order valence-corrected chi connectivity index (χ0v) is 16.1. The van der Waals surface area contributed by atoms with E-state index in [1.165, 1.54) is 16.7 Å². The number of aryl methyl sites for hydroxylation is 1. The Hall–Kier alpha value is -2.60. The first-order valence-electron chi connectivity index (χ1n) is 8.31. The maximum atomic E-state index is 13.2. The minimum absolute atomic E-state index is 0.0232. The van der Waals surface area contributed by atoms with Crippen LogP contribution in [0.1, 0.15) is 11.1 Å². The largest absolute Gasteiger partial charge is 0.348 e. The van der Waals surface area contributed by atoms with Gasteiger partial charge in [-0.2, -0.15) is 0 Å². The number of hydrogen-bond acceptors (Lipinski definition) is 4. The van der Waals surface area contributed by atoms with Gasteiger partial charge in [-0.15, -0.1) is 0 Å². The minimum Gasteiger partial charge on any atom is -0.348 e. The van der Waals surface area contributed by atoms with Gasteiger partial charge in [0.15, 0.2) is 5.16 Å². The Bertz CT molecular complexity index is 1040. The number of fused-ring (bicyclic) bond motifs is 1. The van der Waals surface area contributed by atoms with Crippen molar-refractivity contribution in [2.75, 3.05) is 19.8 Å². The van der Waals surface area contributed by atoms with Gasteiger partial charge in [0.25, 0.3) is 5.56 Å². The van der Waals surface area contributed by atoms with Crippen LogP contribution in [0.4, 0.5) is 0 Å². The molecule has 0 aliphatic heterocycles. The first kappa shape index (κ1) is 18.2. The van der Waals surface area contributed by atoms with E-state index in [1.54, 1.807) is 24.7 Å². The molecule has 6 heteroatoms. The standard InChI is InChI=1S/C20H21N3O2S/c1-13-8-7-11-17(14(13)2)23-19(25)15-9-5-6-10-16(15)21-20(23)26-12-18(24)22(3)4/h5-11H,12H2,1-4H3.